The molecule has 0 amide bonds. The second-order valence-corrected chi connectivity index (χ2v) is 14.2. The first-order chi connectivity index (χ1) is 26.3. The van der Waals surface area contributed by atoms with Gasteiger partial charge in [0.1, 0.15) is 11.2 Å². The minimum absolute atomic E-state index is 0.233. The molecule has 0 spiro atoms. The largest absolute Gasteiger partial charge is 0.456 e. The fraction of sp³-hybridized carbons (Fsp3) is 0.0392. The molecule has 0 fully saturated rings. The zero-order valence-corrected chi connectivity index (χ0v) is 29.0. The van der Waals surface area contributed by atoms with E-state index >= 15 is 0 Å². The summed E-state index contributed by atoms with van der Waals surface area (Å²) in [6.45, 7) is 0. The van der Waals surface area contributed by atoms with E-state index in [0.717, 1.165) is 61.6 Å². The monoisotopic (exact) mass is 675 g/mol. The minimum atomic E-state index is 0.233. The molecule has 0 radical (unpaired) electrons. The van der Waals surface area contributed by atoms with Gasteiger partial charge in [-0.25, -0.2) is 0 Å². The Balaban J connectivity index is 1.12. The fourth-order valence-corrected chi connectivity index (χ4v) is 8.61. The first-order valence-electron chi connectivity index (χ1n) is 18.4. The van der Waals surface area contributed by atoms with Crippen molar-refractivity contribution in [2.45, 2.75) is 12.3 Å². The molecule has 2 heterocycles. The maximum Gasteiger partial charge on any atom is 0.136 e. The summed E-state index contributed by atoms with van der Waals surface area (Å²) < 4.78 is 6.64. The standard InChI is InChI=1S/C51H33NO/c1-2-13-32(14-3-1)48-31-45(42-21-8-10-23-47(42)52-48)46-29-36(30-50-51(46)43-22-9-11-24-49(43)53-50)34-16-12-15-33(27-34)35-25-26-41-39-19-5-4-17-37(39)38-18-6-7-20-40(38)44(41)28-35/h1-13,15-32H,14H2. The van der Waals surface area contributed by atoms with Crippen molar-refractivity contribution in [1.29, 1.82) is 0 Å². The number of fused-ring (bicyclic) bond motifs is 10. The molecule has 1 unspecified atom stereocenters. The summed E-state index contributed by atoms with van der Waals surface area (Å²) in [6.07, 6.45) is 9.71. The Morgan fingerprint density at radius 1 is 0.434 bits per heavy atom. The number of nitrogens with zero attached hydrogens (tertiary/aromatic N) is 1. The number of pyridine rings is 1. The second-order valence-electron chi connectivity index (χ2n) is 14.2. The van der Waals surface area contributed by atoms with Crippen LogP contribution in [0.5, 0.6) is 0 Å². The van der Waals surface area contributed by atoms with Gasteiger partial charge in [-0.1, -0.05) is 140 Å². The molecule has 0 aliphatic heterocycles. The topological polar surface area (TPSA) is 26.0 Å². The Bertz CT molecular complexity index is 3120. The highest BCUT2D eigenvalue weighted by Crippen LogP contribution is 2.44. The van der Waals surface area contributed by atoms with E-state index in [2.05, 4.69) is 176 Å². The number of rotatable bonds is 4. The van der Waals surface area contributed by atoms with Crippen LogP contribution in [0.3, 0.4) is 0 Å². The number of allylic oxidation sites excluding steroid dienone is 4. The van der Waals surface area contributed by atoms with Gasteiger partial charge in [-0.3, -0.25) is 4.98 Å². The van der Waals surface area contributed by atoms with Crippen LogP contribution in [-0.4, -0.2) is 4.98 Å². The normalized spacial score (nSPS) is 14.4. The molecule has 2 aromatic heterocycles. The molecular formula is C51H33NO. The van der Waals surface area contributed by atoms with E-state index in [1.165, 1.54) is 49.0 Å². The number of aromatic nitrogens is 1. The maximum absolute atomic E-state index is 6.64. The predicted octanol–water partition coefficient (Wildman–Crippen LogP) is 14.2. The van der Waals surface area contributed by atoms with Gasteiger partial charge >= 0.3 is 0 Å². The average molecular weight is 676 g/mol. The summed E-state index contributed by atoms with van der Waals surface area (Å²) in [5, 5.41) is 11.1. The highest BCUT2D eigenvalue weighted by Gasteiger charge is 2.20. The number of furan rings is 1. The Hall–Kier alpha value is -6.77. The third-order valence-corrected chi connectivity index (χ3v) is 11.1. The molecule has 248 valence electrons. The average Bonchev–Trinajstić information content (AvgIpc) is 3.62. The SMILES string of the molecule is C1=CCC(c2cc(-c3cc(-c4cccc(-c5ccc6c7ccccc7c7ccccc7c6c5)c4)cc4oc5ccccc5c34)c3ccccc3n2)C=C1. The van der Waals surface area contributed by atoms with Crippen LogP contribution >= 0.6 is 0 Å². The third kappa shape index (κ3) is 4.83. The summed E-state index contributed by atoms with van der Waals surface area (Å²) in [4.78, 5) is 5.19. The fourth-order valence-electron chi connectivity index (χ4n) is 8.61. The summed E-state index contributed by atoms with van der Waals surface area (Å²) in [5.74, 6) is 0.233. The van der Waals surface area contributed by atoms with E-state index in [1.54, 1.807) is 0 Å². The summed E-state index contributed by atoms with van der Waals surface area (Å²) in [6, 6.07) is 57.3. The van der Waals surface area contributed by atoms with Gasteiger partial charge in [0, 0.05) is 27.8 Å². The molecule has 0 saturated carbocycles. The minimum Gasteiger partial charge on any atom is -0.456 e. The van der Waals surface area contributed by atoms with Gasteiger partial charge in [-0.15, -0.1) is 0 Å². The van der Waals surface area contributed by atoms with Crippen molar-refractivity contribution in [3.8, 4) is 33.4 Å². The first kappa shape index (κ1) is 29.9. The summed E-state index contributed by atoms with van der Waals surface area (Å²) >= 11 is 0. The summed E-state index contributed by atoms with van der Waals surface area (Å²) in [7, 11) is 0. The van der Waals surface area contributed by atoms with Crippen molar-refractivity contribution in [2.24, 2.45) is 0 Å². The summed E-state index contributed by atoms with van der Waals surface area (Å²) in [5.41, 5.74) is 10.9. The van der Waals surface area contributed by atoms with Gasteiger partial charge in [-0.05, 0) is 115 Å². The highest BCUT2D eigenvalue weighted by atomic mass is 16.3. The molecule has 0 N–H and O–H groups in total. The van der Waals surface area contributed by atoms with Crippen LogP contribution in [0.1, 0.15) is 18.0 Å². The van der Waals surface area contributed by atoms with Gasteiger partial charge in [0.2, 0.25) is 0 Å². The Morgan fingerprint density at radius 3 is 1.83 bits per heavy atom. The lowest BCUT2D eigenvalue weighted by Crippen LogP contribution is -2.01. The zero-order chi connectivity index (χ0) is 34.9. The number of hydrogen-bond acceptors (Lipinski definition) is 2. The lowest BCUT2D eigenvalue weighted by atomic mass is 9.89. The molecule has 1 atom stereocenters. The van der Waals surface area contributed by atoms with Crippen molar-refractivity contribution in [3.63, 3.8) is 0 Å². The number of hydrogen-bond donors (Lipinski definition) is 0. The van der Waals surface area contributed by atoms with Gasteiger partial charge in [0.05, 0.1) is 5.52 Å². The Labute approximate surface area is 307 Å². The Morgan fingerprint density at radius 2 is 1.08 bits per heavy atom. The lowest BCUT2D eigenvalue weighted by Gasteiger charge is -2.17. The van der Waals surface area contributed by atoms with E-state index < -0.39 is 0 Å². The van der Waals surface area contributed by atoms with Gasteiger partial charge in [-0.2, -0.15) is 0 Å². The van der Waals surface area contributed by atoms with Gasteiger partial charge in [0.25, 0.3) is 0 Å². The molecule has 2 nitrogen and oxygen atoms in total. The molecule has 11 rings (SSSR count). The van der Waals surface area contributed by atoms with Gasteiger partial charge < -0.3 is 4.42 Å². The molecule has 8 aromatic carbocycles. The van der Waals surface area contributed by atoms with Crippen molar-refractivity contribution in [1.82, 2.24) is 4.98 Å². The molecule has 1 aliphatic carbocycles. The van der Waals surface area contributed by atoms with Crippen LogP contribution in [0, 0.1) is 0 Å². The van der Waals surface area contributed by atoms with Crippen molar-refractivity contribution >= 4 is 65.2 Å². The van der Waals surface area contributed by atoms with Crippen molar-refractivity contribution in [2.75, 3.05) is 0 Å². The predicted molar refractivity (Wildman–Crippen MR) is 223 cm³/mol. The van der Waals surface area contributed by atoms with Crippen LogP contribution in [0.4, 0.5) is 0 Å². The molecule has 2 heteroatoms. The molecule has 0 bridgehead atoms. The zero-order valence-electron chi connectivity index (χ0n) is 29.0. The highest BCUT2D eigenvalue weighted by molar-refractivity contribution is 6.25. The molecular weight excluding hydrogens is 643 g/mol. The van der Waals surface area contributed by atoms with Crippen LogP contribution < -0.4 is 0 Å². The van der Waals surface area contributed by atoms with Crippen LogP contribution in [0.25, 0.3) is 98.5 Å². The quantitative estimate of drug-likeness (QED) is 0.174. The number of para-hydroxylation sites is 2. The Kier molecular flexibility index (Phi) is 6.72. The van der Waals surface area contributed by atoms with E-state index in [-0.39, 0.29) is 5.92 Å². The van der Waals surface area contributed by atoms with Crippen LogP contribution in [-0.2, 0) is 0 Å². The van der Waals surface area contributed by atoms with E-state index in [9.17, 15) is 0 Å². The van der Waals surface area contributed by atoms with E-state index in [0.29, 0.717) is 0 Å². The van der Waals surface area contributed by atoms with Crippen LogP contribution in [0.15, 0.2) is 186 Å². The maximum atomic E-state index is 6.64. The molecule has 1 aliphatic rings. The van der Waals surface area contributed by atoms with E-state index in [1.807, 2.05) is 6.07 Å². The molecule has 53 heavy (non-hydrogen) atoms. The van der Waals surface area contributed by atoms with Gasteiger partial charge in [0.15, 0.2) is 0 Å². The second kappa shape index (κ2) is 11.9. The lowest BCUT2D eigenvalue weighted by molar-refractivity contribution is 0.669. The first-order valence-corrected chi connectivity index (χ1v) is 18.4. The number of benzene rings is 8. The smallest absolute Gasteiger partial charge is 0.136 e. The van der Waals surface area contributed by atoms with Crippen LogP contribution in [0.2, 0.25) is 0 Å². The molecule has 0 saturated heterocycles. The van der Waals surface area contributed by atoms with Crippen molar-refractivity contribution < 1.29 is 4.42 Å². The molecule has 10 aromatic rings. The third-order valence-electron chi connectivity index (χ3n) is 11.1. The van der Waals surface area contributed by atoms with E-state index in [4.69, 9.17) is 9.40 Å². The van der Waals surface area contributed by atoms with Crippen molar-refractivity contribution in [3.05, 3.63) is 188 Å².